The Morgan fingerprint density at radius 2 is 1.88 bits per heavy atom. The lowest BCUT2D eigenvalue weighted by Gasteiger charge is -2.12. The van der Waals surface area contributed by atoms with Crippen molar-refractivity contribution in [3.05, 3.63) is 66.4 Å². The van der Waals surface area contributed by atoms with Crippen molar-refractivity contribution in [2.24, 2.45) is 0 Å². The molecule has 0 aliphatic heterocycles. The van der Waals surface area contributed by atoms with Crippen LogP contribution in [0.1, 0.15) is 11.1 Å². The Labute approximate surface area is 140 Å². The van der Waals surface area contributed by atoms with Crippen molar-refractivity contribution in [3.8, 4) is 17.4 Å². The predicted molar refractivity (Wildman–Crippen MR) is 89.4 cm³/mol. The van der Waals surface area contributed by atoms with Gasteiger partial charge in [-0.1, -0.05) is 6.07 Å². The summed E-state index contributed by atoms with van der Waals surface area (Å²) in [4.78, 5) is 8.21. The highest BCUT2D eigenvalue weighted by Crippen LogP contribution is 2.29. The van der Waals surface area contributed by atoms with E-state index >= 15 is 0 Å². The van der Waals surface area contributed by atoms with Gasteiger partial charge in [0, 0.05) is 36.8 Å². The summed E-state index contributed by atoms with van der Waals surface area (Å²) < 4.78 is 18.3. The van der Waals surface area contributed by atoms with Gasteiger partial charge in [-0.3, -0.25) is 0 Å². The van der Waals surface area contributed by atoms with Gasteiger partial charge in [-0.05, 0) is 23.8 Å². The Balaban J connectivity index is 1.68. The summed E-state index contributed by atoms with van der Waals surface area (Å²) >= 11 is 0. The molecule has 0 spiro atoms. The molecule has 0 aliphatic carbocycles. The number of nitrogens with zero attached hydrogens (tertiary/aromatic N) is 3. The fourth-order valence-corrected chi connectivity index (χ4v) is 2.30. The highest BCUT2D eigenvalue weighted by molar-refractivity contribution is 5.43. The van der Waals surface area contributed by atoms with Gasteiger partial charge in [-0.2, -0.15) is 0 Å². The molecule has 24 heavy (non-hydrogen) atoms. The normalized spacial score (nSPS) is 10.4. The lowest BCUT2D eigenvalue weighted by atomic mass is 10.2. The lowest BCUT2D eigenvalue weighted by molar-refractivity contribution is 0.283. The van der Waals surface area contributed by atoms with Gasteiger partial charge in [-0.15, -0.1) is 0 Å². The molecule has 0 saturated carbocycles. The van der Waals surface area contributed by atoms with Crippen LogP contribution in [-0.2, 0) is 13.2 Å². The fraction of sp³-hybridized carbons (Fsp3) is 0.222. The third-order valence-electron chi connectivity index (χ3n) is 3.55. The molecule has 0 saturated heterocycles. The van der Waals surface area contributed by atoms with Gasteiger partial charge in [0.25, 0.3) is 0 Å². The molecule has 2 heterocycles. The summed E-state index contributed by atoms with van der Waals surface area (Å²) in [5.74, 6) is 1.98. The summed E-state index contributed by atoms with van der Waals surface area (Å²) in [6, 6.07) is 9.64. The van der Waals surface area contributed by atoms with Crippen LogP contribution in [0.3, 0.4) is 0 Å². The Morgan fingerprint density at radius 1 is 1.00 bits per heavy atom. The first-order valence-corrected chi connectivity index (χ1v) is 7.53. The van der Waals surface area contributed by atoms with E-state index in [1.807, 2.05) is 41.1 Å². The van der Waals surface area contributed by atoms with Crippen molar-refractivity contribution in [1.29, 1.82) is 0 Å². The standard InChI is InChI=1S/C18H19N3O3/c1-22-17-9-14(11-21-8-7-19-13-21)3-5-16(17)24-12-15-4-6-18(23-2)20-10-15/h3-10,13H,11-12H2,1-2H3. The van der Waals surface area contributed by atoms with Gasteiger partial charge >= 0.3 is 0 Å². The minimum Gasteiger partial charge on any atom is -0.493 e. The summed E-state index contributed by atoms with van der Waals surface area (Å²) in [5.41, 5.74) is 2.07. The molecule has 3 rings (SSSR count). The van der Waals surface area contributed by atoms with Gasteiger partial charge in [0.15, 0.2) is 11.5 Å². The molecule has 124 valence electrons. The molecule has 0 N–H and O–H groups in total. The van der Waals surface area contributed by atoms with Gasteiger partial charge < -0.3 is 18.8 Å². The van der Waals surface area contributed by atoms with E-state index in [-0.39, 0.29) is 0 Å². The lowest BCUT2D eigenvalue weighted by Crippen LogP contribution is -2.01. The largest absolute Gasteiger partial charge is 0.493 e. The number of methoxy groups -OCH3 is 2. The number of imidazole rings is 1. The van der Waals surface area contributed by atoms with Gasteiger partial charge in [0.1, 0.15) is 6.61 Å². The Bertz CT molecular complexity index is 771. The molecular formula is C18H19N3O3. The zero-order valence-corrected chi connectivity index (χ0v) is 13.7. The van der Waals surface area contributed by atoms with Crippen LogP contribution in [-0.4, -0.2) is 28.8 Å². The summed E-state index contributed by atoms with van der Waals surface area (Å²) in [7, 11) is 3.23. The number of benzene rings is 1. The maximum absolute atomic E-state index is 5.85. The minimum absolute atomic E-state index is 0.411. The van der Waals surface area contributed by atoms with Gasteiger partial charge in [0.2, 0.25) is 5.88 Å². The first-order chi connectivity index (χ1) is 11.8. The molecular weight excluding hydrogens is 306 g/mol. The number of aromatic nitrogens is 3. The quantitative estimate of drug-likeness (QED) is 0.668. The second kappa shape index (κ2) is 7.50. The number of pyridine rings is 1. The predicted octanol–water partition coefficient (Wildman–Crippen LogP) is 2.92. The average molecular weight is 325 g/mol. The van der Waals surface area contributed by atoms with Crippen molar-refractivity contribution in [1.82, 2.24) is 14.5 Å². The van der Waals surface area contributed by atoms with Crippen molar-refractivity contribution in [2.75, 3.05) is 14.2 Å². The number of hydrogen-bond donors (Lipinski definition) is 0. The second-order valence-electron chi connectivity index (χ2n) is 5.22. The first kappa shape index (κ1) is 15.9. The molecule has 0 unspecified atom stereocenters. The van der Waals surface area contributed by atoms with E-state index in [0.717, 1.165) is 17.7 Å². The van der Waals surface area contributed by atoms with E-state index in [1.54, 1.807) is 32.9 Å². The van der Waals surface area contributed by atoms with E-state index in [2.05, 4.69) is 9.97 Å². The molecule has 0 amide bonds. The van der Waals surface area contributed by atoms with Crippen LogP contribution >= 0.6 is 0 Å². The Morgan fingerprint density at radius 3 is 2.54 bits per heavy atom. The van der Waals surface area contributed by atoms with Crippen LogP contribution < -0.4 is 14.2 Å². The first-order valence-electron chi connectivity index (χ1n) is 7.53. The molecule has 0 aliphatic rings. The zero-order chi connectivity index (χ0) is 16.8. The van der Waals surface area contributed by atoms with E-state index in [4.69, 9.17) is 14.2 Å². The number of ether oxygens (including phenoxy) is 3. The maximum Gasteiger partial charge on any atom is 0.212 e. The number of hydrogen-bond acceptors (Lipinski definition) is 5. The highest BCUT2D eigenvalue weighted by atomic mass is 16.5. The topological polar surface area (TPSA) is 58.4 Å². The molecule has 2 aromatic heterocycles. The molecule has 0 atom stereocenters. The smallest absolute Gasteiger partial charge is 0.212 e. The summed E-state index contributed by atoms with van der Waals surface area (Å²) in [6.45, 7) is 1.15. The van der Waals surface area contributed by atoms with Crippen molar-refractivity contribution in [2.45, 2.75) is 13.2 Å². The second-order valence-corrected chi connectivity index (χ2v) is 5.22. The molecule has 1 aromatic carbocycles. The molecule has 6 nitrogen and oxygen atoms in total. The fourth-order valence-electron chi connectivity index (χ4n) is 2.30. The van der Waals surface area contributed by atoms with Crippen LogP contribution in [0.25, 0.3) is 0 Å². The molecule has 0 radical (unpaired) electrons. The van der Waals surface area contributed by atoms with Crippen LogP contribution in [0.5, 0.6) is 17.4 Å². The van der Waals surface area contributed by atoms with Crippen molar-refractivity contribution >= 4 is 0 Å². The van der Waals surface area contributed by atoms with Crippen LogP contribution in [0.4, 0.5) is 0 Å². The third-order valence-corrected chi connectivity index (χ3v) is 3.55. The minimum atomic E-state index is 0.411. The van der Waals surface area contributed by atoms with Crippen LogP contribution in [0.2, 0.25) is 0 Å². The molecule has 6 heteroatoms. The van der Waals surface area contributed by atoms with E-state index in [1.165, 1.54) is 0 Å². The Hall–Kier alpha value is -3.02. The molecule has 3 aromatic rings. The van der Waals surface area contributed by atoms with E-state index in [0.29, 0.717) is 24.0 Å². The van der Waals surface area contributed by atoms with Crippen molar-refractivity contribution in [3.63, 3.8) is 0 Å². The third kappa shape index (κ3) is 3.84. The van der Waals surface area contributed by atoms with Crippen LogP contribution in [0, 0.1) is 0 Å². The molecule has 0 fully saturated rings. The number of rotatable bonds is 7. The van der Waals surface area contributed by atoms with E-state index in [9.17, 15) is 0 Å². The zero-order valence-electron chi connectivity index (χ0n) is 13.7. The van der Waals surface area contributed by atoms with E-state index < -0.39 is 0 Å². The average Bonchev–Trinajstić information content (AvgIpc) is 3.14. The van der Waals surface area contributed by atoms with Crippen LogP contribution in [0.15, 0.2) is 55.2 Å². The Kier molecular flexibility index (Phi) is 4.96. The maximum atomic E-state index is 5.85. The molecule has 0 bridgehead atoms. The monoisotopic (exact) mass is 325 g/mol. The SMILES string of the molecule is COc1ccc(COc2ccc(Cn3ccnc3)cc2OC)cn1. The van der Waals surface area contributed by atoms with Gasteiger partial charge in [-0.25, -0.2) is 9.97 Å². The van der Waals surface area contributed by atoms with Gasteiger partial charge in [0.05, 0.1) is 20.5 Å². The summed E-state index contributed by atoms with van der Waals surface area (Å²) in [6.07, 6.45) is 7.21. The highest BCUT2D eigenvalue weighted by Gasteiger charge is 2.07. The summed E-state index contributed by atoms with van der Waals surface area (Å²) in [5, 5.41) is 0. The van der Waals surface area contributed by atoms with Crippen molar-refractivity contribution < 1.29 is 14.2 Å².